The van der Waals surface area contributed by atoms with Crippen molar-refractivity contribution in [2.75, 3.05) is 18.5 Å². The lowest BCUT2D eigenvalue weighted by atomic mass is 10.0. The maximum atomic E-state index is 9.71. The molecule has 6 heteroatoms. The van der Waals surface area contributed by atoms with Gasteiger partial charge in [0.1, 0.15) is 12.1 Å². The summed E-state index contributed by atoms with van der Waals surface area (Å²) in [6.45, 7) is -0.162. The van der Waals surface area contributed by atoms with E-state index in [1.165, 1.54) is 0 Å². The summed E-state index contributed by atoms with van der Waals surface area (Å²) in [5.74, 6) is 0.212. The average molecular weight is 288 g/mol. The van der Waals surface area contributed by atoms with Crippen LogP contribution in [0.5, 0.6) is 0 Å². The number of fused-ring (bicyclic) bond motifs is 3. The Balaban J connectivity index is 2.39. The topological polar surface area (TPSA) is 98.8 Å². The number of nitrogens with zero attached hydrogens (tertiary/aromatic N) is 1. The van der Waals surface area contributed by atoms with E-state index >= 15 is 0 Å². The zero-order chi connectivity index (χ0) is 14.8. The molecule has 21 heavy (non-hydrogen) atoms. The van der Waals surface area contributed by atoms with Crippen molar-refractivity contribution in [1.82, 2.24) is 4.98 Å². The molecule has 0 atom stereocenters. The maximum absolute atomic E-state index is 9.71. The molecule has 0 spiro atoms. The Morgan fingerprint density at radius 1 is 1.05 bits per heavy atom. The Hall–Kier alpha value is -2.15. The Morgan fingerprint density at radius 2 is 1.81 bits per heavy atom. The number of rotatable bonds is 5. The molecular formula is C15H16N2O4. The van der Waals surface area contributed by atoms with Crippen molar-refractivity contribution in [3.63, 3.8) is 0 Å². The molecule has 0 saturated carbocycles. The van der Waals surface area contributed by atoms with Gasteiger partial charge < -0.3 is 25.1 Å². The van der Waals surface area contributed by atoms with Gasteiger partial charge in [-0.15, -0.1) is 0 Å². The molecule has 0 unspecified atom stereocenters. The highest BCUT2D eigenvalue weighted by Crippen LogP contribution is 2.36. The molecule has 1 aromatic heterocycles. The fourth-order valence-electron chi connectivity index (χ4n) is 2.54. The maximum Gasteiger partial charge on any atom is 0.221 e. The van der Waals surface area contributed by atoms with Gasteiger partial charge in [-0.25, -0.2) is 4.98 Å². The highest BCUT2D eigenvalue weighted by atomic mass is 16.4. The lowest BCUT2D eigenvalue weighted by Gasteiger charge is -2.13. The molecule has 110 valence electrons. The molecule has 1 heterocycles. The van der Waals surface area contributed by atoms with Crippen LogP contribution in [0.4, 0.5) is 5.69 Å². The number of aromatic nitrogens is 1. The zero-order valence-corrected chi connectivity index (χ0v) is 11.3. The first-order valence-corrected chi connectivity index (χ1v) is 6.69. The molecule has 0 fully saturated rings. The first-order valence-electron chi connectivity index (χ1n) is 6.69. The fraction of sp³-hybridized carbons (Fsp3) is 0.267. The summed E-state index contributed by atoms with van der Waals surface area (Å²) in [6, 6.07) is 7.59. The summed E-state index contributed by atoms with van der Waals surface area (Å²) < 4.78 is 5.58. The van der Waals surface area contributed by atoms with E-state index in [1.807, 2.05) is 24.3 Å². The van der Waals surface area contributed by atoms with Crippen LogP contribution in [0.3, 0.4) is 0 Å². The van der Waals surface area contributed by atoms with Crippen LogP contribution in [0.15, 0.2) is 28.7 Å². The van der Waals surface area contributed by atoms with E-state index in [1.54, 1.807) is 0 Å². The van der Waals surface area contributed by atoms with E-state index in [0.29, 0.717) is 23.2 Å². The Kier molecular flexibility index (Phi) is 3.74. The number of oxazole rings is 1. The van der Waals surface area contributed by atoms with Gasteiger partial charge >= 0.3 is 0 Å². The lowest BCUT2D eigenvalue weighted by molar-refractivity contribution is 0.244. The fourth-order valence-corrected chi connectivity index (χ4v) is 2.54. The number of hydrogen-bond donors (Lipinski definition) is 4. The molecule has 0 aliphatic rings. The monoisotopic (exact) mass is 288 g/mol. The smallest absolute Gasteiger partial charge is 0.221 e. The van der Waals surface area contributed by atoms with Crippen LogP contribution in [0.2, 0.25) is 0 Å². The molecule has 0 saturated heterocycles. The summed E-state index contributed by atoms with van der Waals surface area (Å²) >= 11 is 0. The summed E-state index contributed by atoms with van der Waals surface area (Å²) in [5.41, 5.74) is 2.40. The highest BCUT2D eigenvalue weighted by molar-refractivity contribution is 6.11. The molecule has 0 aliphatic carbocycles. The molecule has 2 aromatic carbocycles. The molecule has 0 amide bonds. The summed E-state index contributed by atoms with van der Waals surface area (Å²) in [6.07, 6.45) is 0. The van der Waals surface area contributed by atoms with Gasteiger partial charge in [-0.2, -0.15) is 0 Å². The van der Waals surface area contributed by atoms with E-state index < -0.39 is 0 Å². The molecular weight excluding hydrogens is 272 g/mol. The Labute approximate surface area is 120 Å². The van der Waals surface area contributed by atoms with Crippen LogP contribution in [-0.4, -0.2) is 33.5 Å². The Morgan fingerprint density at radius 3 is 2.48 bits per heavy atom. The third kappa shape index (κ3) is 2.23. The normalized spacial score (nSPS) is 11.4. The minimum absolute atomic E-state index is 0.0159. The third-order valence-corrected chi connectivity index (χ3v) is 3.41. The van der Waals surface area contributed by atoms with Crippen molar-refractivity contribution in [1.29, 1.82) is 0 Å². The minimum atomic E-state index is -0.298. The first-order chi connectivity index (χ1) is 10.3. The second-order valence-electron chi connectivity index (χ2n) is 4.65. The molecule has 0 aliphatic heterocycles. The summed E-state index contributed by atoms with van der Waals surface area (Å²) in [7, 11) is 0. The van der Waals surface area contributed by atoms with Crippen molar-refractivity contribution >= 4 is 27.6 Å². The van der Waals surface area contributed by atoms with Crippen molar-refractivity contribution in [2.45, 2.75) is 13.2 Å². The largest absolute Gasteiger partial charge is 0.437 e. The molecule has 3 aromatic rings. The minimum Gasteiger partial charge on any atom is -0.437 e. The van der Waals surface area contributed by atoms with Crippen LogP contribution in [0, 0.1) is 0 Å². The molecule has 0 radical (unpaired) electrons. The number of hydrogen-bond acceptors (Lipinski definition) is 6. The number of aliphatic hydroxyl groups excluding tert-OH is 3. The van der Waals surface area contributed by atoms with E-state index in [0.717, 1.165) is 16.5 Å². The van der Waals surface area contributed by atoms with Crippen molar-refractivity contribution in [2.24, 2.45) is 0 Å². The van der Waals surface area contributed by atoms with Crippen molar-refractivity contribution in [3.8, 4) is 0 Å². The number of nitrogens with one attached hydrogen (secondary N) is 1. The van der Waals surface area contributed by atoms with Crippen LogP contribution < -0.4 is 5.32 Å². The summed E-state index contributed by atoms with van der Waals surface area (Å²) in [5, 5.41) is 32.8. The van der Waals surface area contributed by atoms with Gasteiger partial charge in [0.15, 0.2) is 5.58 Å². The molecule has 4 N–H and O–H groups in total. The molecule has 0 bridgehead atoms. The van der Waals surface area contributed by atoms with Gasteiger partial charge in [0.2, 0.25) is 5.89 Å². The van der Waals surface area contributed by atoms with Crippen LogP contribution in [0.1, 0.15) is 11.5 Å². The zero-order valence-electron chi connectivity index (χ0n) is 11.3. The van der Waals surface area contributed by atoms with Gasteiger partial charge in [-0.1, -0.05) is 24.3 Å². The van der Waals surface area contributed by atoms with Gasteiger partial charge in [0, 0.05) is 22.9 Å². The van der Waals surface area contributed by atoms with Gasteiger partial charge in [0.25, 0.3) is 0 Å². The second kappa shape index (κ2) is 5.69. The lowest BCUT2D eigenvalue weighted by Crippen LogP contribution is -2.08. The van der Waals surface area contributed by atoms with Crippen LogP contribution in [-0.2, 0) is 13.2 Å². The number of benzene rings is 2. The summed E-state index contributed by atoms with van der Waals surface area (Å²) in [4.78, 5) is 4.24. The second-order valence-corrected chi connectivity index (χ2v) is 4.65. The van der Waals surface area contributed by atoms with Gasteiger partial charge in [0.05, 0.1) is 18.9 Å². The molecule has 6 nitrogen and oxygen atoms in total. The van der Waals surface area contributed by atoms with E-state index in [4.69, 9.17) is 9.52 Å². The van der Waals surface area contributed by atoms with Crippen LogP contribution >= 0.6 is 0 Å². The number of aliphatic hydroxyl groups is 3. The third-order valence-electron chi connectivity index (χ3n) is 3.41. The van der Waals surface area contributed by atoms with Crippen molar-refractivity contribution in [3.05, 3.63) is 35.7 Å². The standard InChI is InChI=1S/C15H16N2O4/c18-6-5-16-13-9-3-1-2-4-10(9)15-14(11(13)7-19)17-12(8-20)21-15/h1-4,16,18-20H,5-8H2. The highest BCUT2D eigenvalue weighted by Gasteiger charge is 2.18. The van der Waals surface area contributed by atoms with Gasteiger partial charge in [-0.05, 0) is 0 Å². The van der Waals surface area contributed by atoms with Gasteiger partial charge in [-0.3, -0.25) is 0 Å². The predicted octanol–water partition coefficient (Wildman–Crippen LogP) is 1.37. The predicted molar refractivity (Wildman–Crippen MR) is 78.9 cm³/mol. The SMILES string of the molecule is OCCNc1c(CO)c2nc(CO)oc2c2ccccc12. The first kappa shape index (κ1) is 13.8. The van der Waals surface area contributed by atoms with Crippen molar-refractivity contribution < 1.29 is 19.7 Å². The quantitative estimate of drug-likeness (QED) is 0.566. The average Bonchev–Trinajstić information content (AvgIpc) is 2.96. The van der Waals surface area contributed by atoms with E-state index in [2.05, 4.69) is 10.3 Å². The Bertz CT molecular complexity index is 782. The molecule has 3 rings (SSSR count). The van der Waals surface area contributed by atoms with E-state index in [-0.39, 0.29) is 25.7 Å². The van der Waals surface area contributed by atoms with E-state index in [9.17, 15) is 10.2 Å². The van der Waals surface area contributed by atoms with Crippen LogP contribution in [0.25, 0.3) is 21.9 Å². The number of anilines is 1.